The summed E-state index contributed by atoms with van der Waals surface area (Å²) in [6, 6.07) is 8.64. The molecule has 0 saturated heterocycles. The van der Waals surface area contributed by atoms with Gasteiger partial charge in [0.2, 0.25) is 0 Å². The Morgan fingerprint density at radius 2 is 2.18 bits per heavy atom. The molecule has 1 heterocycles. The van der Waals surface area contributed by atoms with E-state index in [-0.39, 0.29) is 11.5 Å². The molecule has 17 heavy (non-hydrogen) atoms. The summed E-state index contributed by atoms with van der Waals surface area (Å²) in [5, 5.41) is 0. The van der Waals surface area contributed by atoms with Gasteiger partial charge in [0.05, 0.1) is 12.7 Å². The predicted molar refractivity (Wildman–Crippen MR) is 70.9 cm³/mol. The van der Waals surface area contributed by atoms with Gasteiger partial charge >= 0.3 is 0 Å². The molecule has 0 aliphatic carbocycles. The summed E-state index contributed by atoms with van der Waals surface area (Å²) in [5.41, 5.74) is 8.90. The Labute approximate surface area is 104 Å². The van der Waals surface area contributed by atoms with E-state index in [1.165, 1.54) is 11.1 Å². The smallest absolute Gasteiger partial charge is 0.0833 e. The van der Waals surface area contributed by atoms with Crippen molar-refractivity contribution in [2.24, 2.45) is 11.1 Å². The first-order chi connectivity index (χ1) is 8.18. The monoisotopic (exact) mass is 233 g/mol. The Morgan fingerprint density at radius 3 is 2.88 bits per heavy atom. The molecule has 0 amide bonds. The largest absolute Gasteiger partial charge is 0.373 e. The van der Waals surface area contributed by atoms with Gasteiger partial charge in [-0.3, -0.25) is 0 Å². The fraction of sp³-hybridized carbons (Fsp3) is 0.600. The summed E-state index contributed by atoms with van der Waals surface area (Å²) in [5.74, 6) is 0. The summed E-state index contributed by atoms with van der Waals surface area (Å²) in [6.07, 6.45) is 3.40. The van der Waals surface area contributed by atoms with Crippen molar-refractivity contribution >= 4 is 0 Å². The lowest BCUT2D eigenvalue weighted by Crippen LogP contribution is -2.30. The van der Waals surface area contributed by atoms with Crippen molar-refractivity contribution in [2.45, 2.75) is 39.2 Å². The van der Waals surface area contributed by atoms with Crippen LogP contribution in [0.2, 0.25) is 0 Å². The summed E-state index contributed by atoms with van der Waals surface area (Å²) in [7, 11) is 0. The molecule has 0 radical (unpaired) electrons. The highest BCUT2D eigenvalue weighted by Gasteiger charge is 2.29. The van der Waals surface area contributed by atoms with E-state index in [1.807, 2.05) is 0 Å². The van der Waals surface area contributed by atoms with E-state index in [1.54, 1.807) is 0 Å². The third-order valence-electron chi connectivity index (χ3n) is 4.12. The van der Waals surface area contributed by atoms with Crippen LogP contribution < -0.4 is 5.73 Å². The molecule has 0 fully saturated rings. The van der Waals surface area contributed by atoms with Crippen LogP contribution >= 0.6 is 0 Å². The Hall–Kier alpha value is -0.860. The van der Waals surface area contributed by atoms with Gasteiger partial charge in [-0.05, 0) is 42.3 Å². The van der Waals surface area contributed by atoms with Crippen LogP contribution in [0.3, 0.4) is 0 Å². The lowest BCUT2D eigenvalue weighted by atomic mass is 9.79. The first-order valence-electron chi connectivity index (χ1n) is 6.58. The zero-order chi connectivity index (χ0) is 12.3. The first-order valence-corrected chi connectivity index (χ1v) is 6.58. The van der Waals surface area contributed by atoms with Gasteiger partial charge in [-0.2, -0.15) is 0 Å². The molecule has 2 N–H and O–H groups in total. The van der Waals surface area contributed by atoms with Gasteiger partial charge in [0.25, 0.3) is 0 Å². The molecule has 2 heteroatoms. The minimum absolute atomic E-state index is 0.190. The fourth-order valence-corrected chi connectivity index (χ4v) is 2.47. The molecule has 0 bridgehead atoms. The molecule has 2 rings (SSSR count). The van der Waals surface area contributed by atoms with E-state index in [0.717, 1.165) is 32.4 Å². The average molecular weight is 233 g/mol. The molecule has 1 aliphatic rings. The van der Waals surface area contributed by atoms with E-state index in [4.69, 9.17) is 10.5 Å². The van der Waals surface area contributed by atoms with Gasteiger partial charge in [0, 0.05) is 0 Å². The van der Waals surface area contributed by atoms with E-state index in [9.17, 15) is 0 Å². The lowest BCUT2D eigenvalue weighted by Gasteiger charge is -2.34. The highest BCUT2D eigenvalue weighted by atomic mass is 16.5. The van der Waals surface area contributed by atoms with Crippen molar-refractivity contribution in [3.8, 4) is 0 Å². The van der Waals surface area contributed by atoms with Crippen LogP contribution in [0.25, 0.3) is 0 Å². The molecule has 0 spiro atoms. The number of hydrogen-bond acceptors (Lipinski definition) is 2. The van der Waals surface area contributed by atoms with E-state index < -0.39 is 0 Å². The number of benzene rings is 1. The second-order valence-corrected chi connectivity index (χ2v) is 5.38. The van der Waals surface area contributed by atoms with Crippen molar-refractivity contribution in [2.75, 3.05) is 13.2 Å². The summed E-state index contributed by atoms with van der Waals surface area (Å²) in [4.78, 5) is 0. The van der Waals surface area contributed by atoms with Crippen LogP contribution in [-0.4, -0.2) is 13.2 Å². The van der Waals surface area contributed by atoms with Gasteiger partial charge in [-0.1, -0.05) is 38.1 Å². The molecule has 2 atom stereocenters. The normalized spacial score (nSPS) is 22.9. The number of rotatable bonds is 4. The molecule has 0 aromatic heterocycles. The Balaban J connectivity index is 2.19. The molecule has 2 nitrogen and oxygen atoms in total. The SMILES string of the molecule is CCC(C)(CN)CC1OCCc2ccccc21. The number of fused-ring (bicyclic) bond motifs is 1. The van der Waals surface area contributed by atoms with Crippen LogP contribution in [0.4, 0.5) is 0 Å². The Bertz CT molecular complexity index is 371. The third-order valence-corrected chi connectivity index (χ3v) is 4.12. The van der Waals surface area contributed by atoms with Crippen molar-refractivity contribution in [3.05, 3.63) is 35.4 Å². The third kappa shape index (κ3) is 2.70. The topological polar surface area (TPSA) is 35.2 Å². The van der Waals surface area contributed by atoms with E-state index in [0.29, 0.717) is 0 Å². The average Bonchev–Trinajstić information content (AvgIpc) is 2.39. The van der Waals surface area contributed by atoms with Crippen molar-refractivity contribution in [1.82, 2.24) is 0 Å². The molecule has 1 aliphatic heterocycles. The Morgan fingerprint density at radius 1 is 1.41 bits per heavy atom. The molecule has 94 valence electrons. The van der Waals surface area contributed by atoms with Crippen LogP contribution in [0.5, 0.6) is 0 Å². The van der Waals surface area contributed by atoms with Crippen LogP contribution in [0.1, 0.15) is 43.9 Å². The van der Waals surface area contributed by atoms with Gasteiger partial charge in [0.1, 0.15) is 0 Å². The maximum Gasteiger partial charge on any atom is 0.0833 e. The highest BCUT2D eigenvalue weighted by molar-refractivity contribution is 5.31. The maximum absolute atomic E-state index is 5.95. The summed E-state index contributed by atoms with van der Waals surface area (Å²) < 4.78 is 5.95. The second-order valence-electron chi connectivity index (χ2n) is 5.38. The predicted octanol–water partition coefficient (Wildman–Crippen LogP) is 3.07. The zero-order valence-corrected chi connectivity index (χ0v) is 10.9. The lowest BCUT2D eigenvalue weighted by molar-refractivity contribution is 0.00936. The van der Waals surface area contributed by atoms with Crippen molar-refractivity contribution in [3.63, 3.8) is 0 Å². The number of ether oxygens (including phenoxy) is 1. The standard InChI is InChI=1S/C15H23NO/c1-3-15(2,11-16)10-14-13-7-5-4-6-12(13)8-9-17-14/h4-7,14H,3,8-11,16H2,1-2H3. The fourth-order valence-electron chi connectivity index (χ4n) is 2.47. The second kappa shape index (κ2) is 5.19. The number of hydrogen-bond donors (Lipinski definition) is 1. The maximum atomic E-state index is 5.95. The molecular formula is C15H23NO. The van der Waals surface area contributed by atoms with Crippen LogP contribution in [-0.2, 0) is 11.2 Å². The quantitative estimate of drug-likeness (QED) is 0.867. The summed E-state index contributed by atoms with van der Waals surface area (Å²) >= 11 is 0. The highest BCUT2D eigenvalue weighted by Crippen LogP contribution is 2.37. The van der Waals surface area contributed by atoms with Crippen LogP contribution in [0, 0.1) is 5.41 Å². The van der Waals surface area contributed by atoms with Gasteiger partial charge in [-0.25, -0.2) is 0 Å². The Kier molecular flexibility index (Phi) is 3.85. The molecule has 1 aromatic rings. The minimum Gasteiger partial charge on any atom is -0.373 e. The zero-order valence-electron chi connectivity index (χ0n) is 10.9. The minimum atomic E-state index is 0.190. The molecule has 1 aromatic carbocycles. The molecule has 2 unspecified atom stereocenters. The van der Waals surface area contributed by atoms with Crippen LogP contribution in [0.15, 0.2) is 24.3 Å². The number of nitrogens with two attached hydrogens (primary N) is 1. The molecular weight excluding hydrogens is 210 g/mol. The summed E-state index contributed by atoms with van der Waals surface area (Å²) in [6.45, 7) is 6.03. The molecule has 0 saturated carbocycles. The van der Waals surface area contributed by atoms with Gasteiger partial charge in [-0.15, -0.1) is 0 Å². The first kappa shape index (κ1) is 12.6. The van der Waals surface area contributed by atoms with Crippen molar-refractivity contribution < 1.29 is 4.74 Å². The van der Waals surface area contributed by atoms with E-state index in [2.05, 4.69) is 38.1 Å². The van der Waals surface area contributed by atoms with Crippen molar-refractivity contribution in [1.29, 1.82) is 0 Å². The van der Waals surface area contributed by atoms with Gasteiger partial charge < -0.3 is 10.5 Å². The van der Waals surface area contributed by atoms with Gasteiger partial charge in [0.15, 0.2) is 0 Å². The van der Waals surface area contributed by atoms with E-state index >= 15 is 0 Å².